The number of anilines is 1. The van der Waals surface area contributed by atoms with E-state index in [9.17, 15) is 14.4 Å². The largest absolute Gasteiger partial charge is 0.465 e. The fraction of sp³-hybridized carbons (Fsp3) is 0.125. The van der Waals surface area contributed by atoms with Crippen molar-refractivity contribution in [2.75, 3.05) is 12.0 Å². The number of thioether (sulfide) groups is 1. The number of esters is 1. The van der Waals surface area contributed by atoms with E-state index >= 15 is 0 Å². The number of rotatable bonds is 4. The van der Waals surface area contributed by atoms with E-state index in [0.29, 0.717) is 26.9 Å². The Morgan fingerprint density at radius 1 is 1.06 bits per heavy atom. The summed E-state index contributed by atoms with van der Waals surface area (Å²) in [6.45, 7) is 3.81. The van der Waals surface area contributed by atoms with Gasteiger partial charge >= 0.3 is 5.97 Å². The molecule has 2 amide bonds. The van der Waals surface area contributed by atoms with E-state index in [-0.39, 0.29) is 5.24 Å². The molecule has 0 aliphatic carbocycles. The van der Waals surface area contributed by atoms with Crippen molar-refractivity contribution in [3.05, 3.63) is 87.0 Å². The maximum Gasteiger partial charge on any atom is 0.339 e. The third-order valence-electron chi connectivity index (χ3n) is 5.17. The van der Waals surface area contributed by atoms with Crippen LogP contribution in [0.2, 0.25) is 5.02 Å². The van der Waals surface area contributed by atoms with Crippen molar-refractivity contribution < 1.29 is 19.1 Å². The van der Waals surface area contributed by atoms with Gasteiger partial charge in [-0.25, -0.2) is 9.69 Å². The van der Waals surface area contributed by atoms with Crippen LogP contribution in [0.15, 0.2) is 59.5 Å². The van der Waals surface area contributed by atoms with Gasteiger partial charge in [0, 0.05) is 16.4 Å². The maximum absolute atomic E-state index is 13.0. The van der Waals surface area contributed by atoms with E-state index in [1.807, 2.05) is 36.6 Å². The Kier molecular flexibility index (Phi) is 5.95. The average Bonchev–Trinajstić information content (AvgIpc) is 3.21. The zero-order valence-corrected chi connectivity index (χ0v) is 19.2. The number of halogens is 1. The van der Waals surface area contributed by atoms with Crippen LogP contribution in [-0.4, -0.2) is 28.8 Å². The normalized spacial score (nSPS) is 15.0. The third kappa shape index (κ3) is 3.85. The van der Waals surface area contributed by atoms with Crippen LogP contribution >= 0.6 is 23.4 Å². The van der Waals surface area contributed by atoms with E-state index in [2.05, 4.69) is 0 Å². The molecule has 0 radical (unpaired) electrons. The predicted octanol–water partition coefficient (Wildman–Crippen LogP) is 5.78. The lowest BCUT2D eigenvalue weighted by Crippen LogP contribution is -2.27. The minimum absolute atomic E-state index is 0.316. The fourth-order valence-electron chi connectivity index (χ4n) is 3.70. The predicted molar refractivity (Wildman–Crippen MR) is 126 cm³/mol. The number of aromatic nitrogens is 1. The van der Waals surface area contributed by atoms with Gasteiger partial charge in [-0.15, -0.1) is 0 Å². The van der Waals surface area contributed by atoms with Crippen LogP contribution in [0, 0.1) is 13.8 Å². The third-order valence-corrected chi connectivity index (χ3v) is 6.27. The number of methoxy groups -OCH3 is 1. The van der Waals surface area contributed by atoms with E-state index in [4.69, 9.17) is 16.3 Å². The molecule has 2 aromatic carbocycles. The molecule has 32 heavy (non-hydrogen) atoms. The quantitative estimate of drug-likeness (QED) is 0.360. The number of carbonyl (C=O) groups excluding carboxylic acids is 3. The van der Waals surface area contributed by atoms with Crippen molar-refractivity contribution in [2.24, 2.45) is 0 Å². The highest BCUT2D eigenvalue weighted by molar-refractivity contribution is 8.19. The Balaban J connectivity index is 1.74. The second-order valence-electron chi connectivity index (χ2n) is 7.17. The molecule has 1 saturated heterocycles. The molecule has 0 N–H and O–H groups in total. The molecule has 1 fully saturated rings. The van der Waals surface area contributed by atoms with Crippen molar-refractivity contribution in [1.29, 1.82) is 0 Å². The first-order valence-electron chi connectivity index (χ1n) is 9.72. The molecule has 1 aliphatic heterocycles. The summed E-state index contributed by atoms with van der Waals surface area (Å²) in [5, 5.41) is 0.0618. The van der Waals surface area contributed by atoms with Crippen molar-refractivity contribution in [1.82, 2.24) is 4.57 Å². The Morgan fingerprint density at radius 3 is 2.53 bits per heavy atom. The van der Waals surface area contributed by atoms with Crippen LogP contribution in [0.3, 0.4) is 0 Å². The van der Waals surface area contributed by atoms with E-state index < -0.39 is 11.9 Å². The first-order valence-corrected chi connectivity index (χ1v) is 10.9. The number of hydrogen-bond donors (Lipinski definition) is 0. The van der Waals surface area contributed by atoms with Gasteiger partial charge in [0.05, 0.1) is 29.0 Å². The summed E-state index contributed by atoms with van der Waals surface area (Å²) in [4.78, 5) is 39.2. The standard InChI is InChI=1S/C24H19ClN2O4S/c1-14-11-16(15(2)26(14)20-10-5-4-9-19(20)23(29)31-3)12-21-22(28)27(24(30)32-21)18-8-6-7-17(25)13-18/h4-13H,1-3H3/b21-12+. The van der Waals surface area contributed by atoms with Gasteiger partial charge in [-0.2, -0.15) is 0 Å². The molecule has 1 aliphatic rings. The summed E-state index contributed by atoms with van der Waals surface area (Å²) in [7, 11) is 1.34. The molecule has 6 nitrogen and oxygen atoms in total. The van der Waals surface area contributed by atoms with Crippen LogP contribution in [0.1, 0.15) is 27.3 Å². The lowest BCUT2D eigenvalue weighted by molar-refractivity contribution is -0.113. The second kappa shape index (κ2) is 8.68. The number of para-hydroxylation sites is 1. The molecule has 0 saturated carbocycles. The fourth-order valence-corrected chi connectivity index (χ4v) is 4.72. The number of ether oxygens (including phenoxy) is 1. The summed E-state index contributed by atoms with van der Waals surface area (Å²) in [5.41, 5.74) is 4.03. The number of aryl methyl sites for hydroxylation is 1. The van der Waals surface area contributed by atoms with Gasteiger partial charge in [-0.3, -0.25) is 9.59 Å². The highest BCUT2D eigenvalue weighted by Gasteiger charge is 2.36. The topological polar surface area (TPSA) is 68.6 Å². The van der Waals surface area contributed by atoms with Crippen LogP contribution in [0.25, 0.3) is 11.8 Å². The second-order valence-corrected chi connectivity index (χ2v) is 8.60. The minimum atomic E-state index is -0.433. The first kappa shape index (κ1) is 21.9. The zero-order chi connectivity index (χ0) is 23.0. The van der Waals surface area contributed by atoms with Crippen LogP contribution in [0.5, 0.6) is 0 Å². The number of carbonyl (C=O) groups is 3. The Hall–Kier alpha value is -3.29. The molecular formula is C24H19ClN2O4S. The summed E-state index contributed by atoms with van der Waals surface area (Å²) in [6, 6.07) is 15.7. The Bertz CT molecular complexity index is 1290. The van der Waals surface area contributed by atoms with Crippen molar-refractivity contribution in [3.8, 4) is 5.69 Å². The van der Waals surface area contributed by atoms with Crippen LogP contribution < -0.4 is 4.90 Å². The Morgan fingerprint density at radius 2 is 1.81 bits per heavy atom. The molecule has 1 aromatic heterocycles. The Labute approximate surface area is 194 Å². The number of hydrogen-bond acceptors (Lipinski definition) is 5. The van der Waals surface area contributed by atoms with E-state index in [1.165, 1.54) is 7.11 Å². The van der Waals surface area contributed by atoms with Gasteiger partial charge in [0.25, 0.3) is 11.1 Å². The van der Waals surface area contributed by atoms with Gasteiger partial charge < -0.3 is 9.30 Å². The van der Waals surface area contributed by atoms with E-state index in [1.54, 1.807) is 42.5 Å². The van der Waals surface area contributed by atoms with E-state index in [0.717, 1.165) is 33.6 Å². The molecule has 0 atom stereocenters. The number of nitrogens with zero attached hydrogens (tertiary/aromatic N) is 2. The van der Waals surface area contributed by atoms with Crippen LogP contribution in [-0.2, 0) is 9.53 Å². The summed E-state index contributed by atoms with van der Waals surface area (Å²) >= 11 is 6.90. The highest BCUT2D eigenvalue weighted by atomic mass is 35.5. The first-order chi connectivity index (χ1) is 15.3. The van der Waals surface area contributed by atoms with Crippen molar-refractivity contribution in [2.45, 2.75) is 13.8 Å². The van der Waals surface area contributed by atoms with Crippen molar-refractivity contribution in [3.63, 3.8) is 0 Å². The SMILES string of the molecule is COC(=O)c1ccccc1-n1c(C)cc(/C=C2/SC(=O)N(c3cccc(Cl)c3)C2=O)c1C. The summed E-state index contributed by atoms with van der Waals surface area (Å²) < 4.78 is 6.85. The number of benzene rings is 2. The number of amides is 2. The minimum Gasteiger partial charge on any atom is -0.465 e. The molecule has 162 valence electrons. The van der Waals surface area contributed by atoms with Gasteiger partial charge in [0.15, 0.2) is 0 Å². The lowest BCUT2D eigenvalue weighted by atomic mass is 10.1. The zero-order valence-electron chi connectivity index (χ0n) is 17.6. The monoisotopic (exact) mass is 466 g/mol. The van der Waals surface area contributed by atoms with Crippen molar-refractivity contribution >= 4 is 52.2 Å². The van der Waals surface area contributed by atoms with Gasteiger partial charge in [0.1, 0.15) is 0 Å². The summed E-state index contributed by atoms with van der Waals surface area (Å²) in [5.74, 6) is -0.834. The highest BCUT2D eigenvalue weighted by Crippen LogP contribution is 2.37. The molecule has 0 spiro atoms. The average molecular weight is 467 g/mol. The molecule has 2 heterocycles. The molecule has 0 unspecified atom stereocenters. The number of imide groups is 1. The molecule has 8 heteroatoms. The lowest BCUT2D eigenvalue weighted by Gasteiger charge is -2.13. The smallest absolute Gasteiger partial charge is 0.339 e. The molecule has 0 bridgehead atoms. The van der Waals surface area contributed by atoms with Gasteiger partial charge in [0.2, 0.25) is 0 Å². The van der Waals surface area contributed by atoms with Crippen LogP contribution in [0.4, 0.5) is 10.5 Å². The molecule has 3 aromatic rings. The maximum atomic E-state index is 13.0. The molecule has 4 rings (SSSR count). The molecular weight excluding hydrogens is 448 g/mol. The van der Waals surface area contributed by atoms with Gasteiger partial charge in [-0.1, -0.05) is 29.8 Å². The summed E-state index contributed by atoms with van der Waals surface area (Å²) in [6.07, 6.45) is 1.70. The van der Waals surface area contributed by atoms with Gasteiger partial charge in [-0.05, 0) is 73.6 Å².